The number of unbranched alkanes of at least 4 members (excludes halogenated alkanes) is 1. The minimum Gasteiger partial charge on any atom is -0.744 e. The number of sulfonamides is 1. The van der Waals surface area contributed by atoms with Crippen molar-refractivity contribution >= 4 is 71.7 Å². The van der Waals surface area contributed by atoms with E-state index >= 15 is 0 Å². The van der Waals surface area contributed by atoms with Crippen molar-refractivity contribution in [2.24, 2.45) is 5.92 Å². The van der Waals surface area contributed by atoms with Crippen LogP contribution in [0.5, 0.6) is 0 Å². The van der Waals surface area contributed by atoms with Gasteiger partial charge in [0.1, 0.15) is 21.5 Å². The van der Waals surface area contributed by atoms with Gasteiger partial charge in [-0.05, 0) is 112 Å². The third-order valence-electron chi connectivity index (χ3n) is 13.2. The van der Waals surface area contributed by atoms with Crippen LogP contribution in [0, 0.1) is 33.6 Å². The molecule has 1 N–H and O–H groups in total. The Hall–Kier alpha value is -5.67. The molecule has 72 heavy (non-hydrogen) atoms. The van der Waals surface area contributed by atoms with E-state index in [1.165, 1.54) is 17.0 Å². The first-order valence-electron chi connectivity index (χ1n) is 24.6. The van der Waals surface area contributed by atoms with Gasteiger partial charge in [-0.1, -0.05) is 106 Å². The van der Waals surface area contributed by atoms with Gasteiger partial charge in [0, 0.05) is 85.3 Å². The highest BCUT2D eigenvalue weighted by molar-refractivity contribution is 7.99. The zero-order chi connectivity index (χ0) is 51.0. The number of benzene rings is 7. The number of aryl methyl sites for hydroxylation is 4. The summed E-state index contributed by atoms with van der Waals surface area (Å²) in [5.74, 6) is 2.24. The van der Waals surface area contributed by atoms with Gasteiger partial charge in [0.2, 0.25) is 21.1 Å². The number of nitrogens with zero attached hydrogens (tertiary/aromatic N) is 2. The third-order valence-corrected chi connectivity index (χ3v) is 17.5. The van der Waals surface area contributed by atoms with Crippen molar-refractivity contribution in [1.29, 1.82) is 0 Å². The molecule has 0 aromatic heterocycles. The summed E-state index contributed by atoms with van der Waals surface area (Å²) in [5, 5.41) is 1.54. The van der Waals surface area contributed by atoms with Crippen LogP contribution in [0.15, 0.2) is 176 Å². The van der Waals surface area contributed by atoms with Crippen LogP contribution in [-0.4, -0.2) is 52.5 Å². The fourth-order valence-electron chi connectivity index (χ4n) is 9.65. The predicted octanol–water partition coefficient (Wildman–Crippen LogP) is 13.7. The van der Waals surface area contributed by atoms with Crippen molar-refractivity contribution in [2.75, 3.05) is 36.0 Å². The van der Waals surface area contributed by atoms with Gasteiger partial charge in [-0.2, -0.15) is 4.58 Å². The van der Waals surface area contributed by atoms with E-state index in [0.29, 0.717) is 53.4 Å². The fraction of sp³-hybridized carbons (Fsp3) is 0.271. The molecular weight excluding hydrogens is 975 g/mol. The monoisotopic (exact) mass is 1040 g/mol. The lowest BCUT2D eigenvalue weighted by Gasteiger charge is -2.29. The fourth-order valence-corrected chi connectivity index (χ4v) is 13.3. The molecule has 9 nitrogen and oxygen atoms in total. The Labute approximate surface area is 434 Å². The maximum atomic E-state index is 14.6. The van der Waals surface area contributed by atoms with E-state index in [0.717, 1.165) is 86.4 Å². The van der Waals surface area contributed by atoms with Gasteiger partial charge >= 0.3 is 0 Å². The number of hydrogen-bond acceptors (Lipinski definition) is 9. The van der Waals surface area contributed by atoms with Crippen molar-refractivity contribution < 1.29 is 25.8 Å². The van der Waals surface area contributed by atoms with Gasteiger partial charge in [0.25, 0.3) is 0 Å². The highest BCUT2D eigenvalue weighted by Crippen LogP contribution is 2.44. The first-order valence-corrected chi connectivity index (χ1v) is 29.5. The normalized spacial score (nSPS) is 12.9. The Morgan fingerprint density at radius 1 is 0.681 bits per heavy atom. The van der Waals surface area contributed by atoms with E-state index in [1.54, 1.807) is 35.7 Å². The van der Waals surface area contributed by atoms with E-state index in [2.05, 4.69) is 115 Å². The summed E-state index contributed by atoms with van der Waals surface area (Å²) in [6, 6.07) is 49.2. The van der Waals surface area contributed by atoms with Crippen molar-refractivity contribution in [2.45, 2.75) is 86.8 Å². The van der Waals surface area contributed by atoms with Crippen LogP contribution in [0.2, 0.25) is 0 Å². The summed E-state index contributed by atoms with van der Waals surface area (Å²) in [7, 11) is -8.69. The van der Waals surface area contributed by atoms with Crippen LogP contribution in [0.25, 0.3) is 33.4 Å². The molecule has 374 valence electrons. The second kappa shape index (κ2) is 23.5. The Balaban J connectivity index is 1.36. The molecule has 0 spiro atoms. The third kappa shape index (κ3) is 12.2. The largest absolute Gasteiger partial charge is 0.744 e. The summed E-state index contributed by atoms with van der Waals surface area (Å²) in [6.45, 7) is 13.8. The van der Waals surface area contributed by atoms with Crippen LogP contribution in [0.3, 0.4) is 0 Å². The Bertz CT molecular complexity index is 3410. The molecule has 6 aromatic carbocycles. The van der Waals surface area contributed by atoms with E-state index in [1.807, 2.05) is 68.4 Å². The topological polar surface area (TPSA) is 123 Å². The average Bonchev–Trinajstić information content (AvgIpc) is 3.36. The van der Waals surface area contributed by atoms with Crippen LogP contribution in [0.4, 0.5) is 17.1 Å². The molecule has 0 fully saturated rings. The van der Waals surface area contributed by atoms with Crippen molar-refractivity contribution in [3.05, 3.63) is 179 Å². The van der Waals surface area contributed by atoms with Gasteiger partial charge < -0.3 is 13.9 Å². The Kier molecular flexibility index (Phi) is 17.2. The number of rotatable bonds is 21. The van der Waals surface area contributed by atoms with E-state index in [9.17, 15) is 21.4 Å². The number of thioether (sulfide) groups is 2. The van der Waals surface area contributed by atoms with Gasteiger partial charge in [-0.15, -0.1) is 23.5 Å². The molecule has 13 heteroatoms. The molecule has 0 saturated heterocycles. The number of anilines is 2. The quantitative estimate of drug-likeness (QED) is 0.0324. The maximum absolute atomic E-state index is 14.6. The summed E-state index contributed by atoms with van der Waals surface area (Å²) in [5.41, 5.74) is 8.97. The summed E-state index contributed by atoms with van der Waals surface area (Å²) in [6.07, 6.45) is 3.90. The molecule has 2 aliphatic rings. The molecule has 1 heterocycles. The molecule has 1 unspecified atom stereocenters. The maximum Gasteiger partial charge on any atom is 0.241 e. The van der Waals surface area contributed by atoms with Crippen LogP contribution in [0.1, 0.15) is 61.8 Å². The first-order chi connectivity index (χ1) is 34.7. The molecule has 1 aliphatic heterocycles. The molecule has 0 radical (unpaired) electrons. The predicted molar refractivity (Wildman–Crippen MR) is 298 cm³/mol. The number of hydrogen-bond donors (Lipinski definition) is 1. The lowest BCUT2D eigenvalue weighted by molar-refractivity contribution is 0.444. The van der Waals surface area contributed by atoms with Gasteiger partial charge in [-0.25, -0.2) is 21.6 Å². The summed E-state index contributed by atoms with van der Waals surface area (Å²) < 4.78 is 78.3. The zero-order valence-electron chi connectivity index (χ0n) is 41.9. The lowest BCUT2D eigenvalue weighted by atomic mass is 9.93. The number of para-hydroxylation sites is 1. The van der Waals surface area contributed by atoms with Gasteiger partial charge in [0.15, 0.2) is 6.54 Å². The van der Waals surface area contributed by atoms with Crippen molar-refractivity contribution in [3.8, 4) is 22.5 Å². The molecule has 6 aromatic rings. The number of fused-ring (bicyclic) bond motifs is 2. The van der Waals surface area contributed by atoms with E-state index in [4.69, 9.17) is 4.42 Å². The van der Waals surface area contributed by atoms with E-state index in [-0.39, 0.29) is 15.7 Å². The highest BCUT2D eigenvalue weighted by Gasteiger charge is 2.28. The highest BCUT2D eigenvalue weighted by atomic mass is 32.2. The minimum atomic E-state index is -4.71. The molecule has 8 rings (SSSR count). The Morgan fingerprint density at radius 2 is 1.32 bits per heavy atom. The van der Waals surface area contributed by atoms with Crippen LogP contribution < -0.4 is 19.6 Å². The van der Waals surface area contributed by atoms with Crippen molar-refractivity contribution in [3.63, 3.8) is 0 Å². The average molecular weight is 1040 g/mol. The molecule has 0 amide bonds. The SMILES string of the molecule is CCCCC(CC)CNS(=O)(=O)c1ccccc1-c1c2ccc(=[N+](CCSc3ccccc3)c3c(C)cc(S(=O)(=O)[O-])cc3C)cc-2oc2cc(N(CCSc3ccccc3)c3c(C)cccc3C)ccc12. The number of nitrogens with one attached hydrogen (secondary N) is 1. The standard InChI is InChI=1S/C59H63N3O6S4/c1-7-9-21-45(8-2)40-60-71(63,64)56-27-17-16-26-53(56)57-51-30-28-46(61(58-41(3)19-18-20-42(58)4)32-34-69-48-22-12-10-13-23-48)38-54(51)68-55-39-47(29-31-52(55)57)62(33-35-70-49-24-14-11-15-25-49)59-43(5)36-50(37-44(59)6)72(65,66)67/h10-20,22-31,36-39,45,60H,7-9,21,32-35,40H2,1-6H3. The summed E-state index contributed by atoms with van der Waals surface area (Å²) in [4.78, 5) is 4.57. The second-order valence-corrected chi connectivity index (χ2v) is 23.8. The summed E-state index contributed by atoms with van der Waals surface area (Å²) >= 11 is 3.51. The minimum absolute atomic E-state index is 0.187. The lowest BCUT2D eigenvalue weighted by Crippen LogP contribution is -2.30. The van der Waals surface area contributed by atoms with E-state index < -0.39 is 20.1 Å². The van der Waals surface area contributed by atoms with Crippen LogP contribution >= 0.6 is 23.5 Å². The molecule has 1 atom stereocenters. The van der Waals surface area contributed by atoms with Crippen LogP contribution in [-0.2, 0) is 20.1 Å². The van der Waals surface area contributed by atoms with Crippen molar-refractivity contribution in [1.82, 2.24) is 9.30 Å². The smallest absolute Gasteiger partial charge is 0.241 e. The molecule has 0 bridgehead atoms. The molecular formula is C59H63N3O6S4. The zero-order valence-corrected chi connectivity index (χ0v) is 45.1. The van der Waals surface area contributed by atoms with Gasteiger partial charge in [0.05, 0.1) is 21.6 Å². The Morgan fingerprint density at radius 3 is 1.96 bits per heavy atom. The van der Waals surface area contributed by atoms with Gasteiger partial charge in [-0.3, -0.25) is 0 Å². The molecule has 1 aliphatic carbocycles. The second-order valence-electron chi connectivity index (χ2n) is 18.3. The first kappa shape index (κ1) is 52.6. The molecule has 0 saturated carbocycles.